The number of halogens is 1. The number of carbonyl (C=O) groups is 2. The van der Waals surface area contributed by atoms with Gasteiger partial charge in [-0.3, -0.25) is 4.79 Å². The van der Waals surface area contributed by atoms with E-state index in [4.69, 9.17) is 11.6 Å². The quantitative estimate of drug-likeness (QED) is 0.755. The Balaban J connectivity index is 1.94. The third kappa shape index (κ3) is 5.63. The maximum absolute atomic E-state index is 12.6. The third-order valence-corrected chi connectivity index (χ3v) is 4.69. The van der Waals surface area contributed by atoms with E-state index in [-0.39, 0.29) is 18.0 Å². The zero-order valence-corrected chi connectivity index (χ0v) is 15.9. The summed E-state index contributed by atoms with van der Waals surface area (Å²) in [5.41, 5.74) is 0.819. The van der Waals surface area contributed by atoms with Gasteiger partial charge < -0.3 is 15.1 Å². The van der Waals surface area contributed by atoms with Gasteiger partial charge in [-0.15, -0.1) is 0 Å². The second-order valence-corrected chi connectivity index (χ2v) is 6.96. The Kier molecular flexibility index (Phi) is 7.56. The first-order valence-corrected chi connectivity index (χ1v) is 9.54. The van der Waals surface area contributed by atoms with E-state index in [9.17, 15) is 9.59 Å². The first-order chi connectivity index (χ1) is 12.0. The van der Waals surface area contributed by atoms with E-state index in [1.165, 1.54) is 0 Å². The van der Waals surface area contributed by atoms with Gasteiger partial charge in [-0.2, -0.15) is 0 Å². The van der Waals surface area contributed by atoms with E-state index < -0.39 is 0 Å². The van der Waals surface area contributed by atoms with Crippen LogP contribution in [0.1, 0.15) is 46.0 Å². The maximum Gasteiger partial charge on any atom is 0.317 e. The minimum Gasteiger partial charge on any atom is -0.333 e. The normalized spacial score (nSPS) is 17.0. The molecular formula is C19H28ClN3O2. The van der Waals surface area contributed by atoms with Crippen molar-refractivity contribution < 1.29 is 9.59 Å². The Bertz CT molecular complexity index is 569. The number of hydrogen-bond acceptors (Lipinski definition) is 2. The summed E-state index contributed by atoms with van der Waals surface area (Å²) in [4.78, 5) is 28.5. The lowest BCUT2D eigenvalue weighted by Gasteiger charge is -2.25. The van der Waals surface area contributed by atoms with E-state index in [2.05, 4.69) is 19.2 Å². The summed E-state index contributed by atoms with van der Waals surface area (Å²) in [7, 11) is 0. The van der Waals surface area contributed by atoms with Crippen LogP contribution in [0, 0.1) is 0 Å². The van der Waals surface area contributed by atoms with E-state index in [1.54, 1.807) is 17.0 Å². The van der Waals surface area contributed by atoms with Crippen LogP contribution in [-0.4, -0.2) is 42.5 Å². The van der Waals surface area contributed by atoms with Crippen LogP contribution in [0.4, 0.5) is 10.5 Å². The number of amides is 3. The fourth-order valence-corrected chi connectivity index (χ4v) is 3.08. The average molecular weight is 366 g/mol. The molecule has 138 valence electrons. The highest BCUT2D eigenvalue weighted by molar-refractivity contribution is 6.30. The smallest absolute Gasteiger partial charge is 0.317 e. The molecule has 1 N–H and O–H groups in total. The summed E-state index contributed by atoms with van der Waals surface area (Å²) in [6.45, 7) is 6.28. The maximum atomic E-state index is 12.6. The van der Waals surface area contributed by atoms with Crippen molar-refractivity contribution >= 4 is 29.2 Å². The largest absolute Gasteiger partial charge is 0.333 e. The van der Waals surface area contributed by atoms with Crippen LogP contribution in [0.3, 0.4) is 0 Å². The zero-order chi connectivity index (χ0) is 18.2. The molecule has 0 saturated carbocycles. The van der Waals surface area contributed by atoms with Gasteiger partial charge in [0.05, 0.1) is 6.04 Å². The fourth-order valence-electron chi connectivity index (χ4n) is 2.95. The van der Waals surface area contributed by atoms with Crippen molar-refractivity contribution in [2.75, 3.05) is 24.5 Å². The van der Waals surface area contributed by atoms with E-state index in [0.717, 1.165) is 44.5 Å². The predicted octanol–water partition coefficient (Wildman–Crippen LogP) is 4.06. The topological polar surface area (TPSA) is 52.7 Å². The Labute approximate surface area is 155 Å². The summed E-state index contributed by atoms with van der Waals surface area (Å²) in [5.74, 6) is 0.0290. The molecule has 1 aromatic rings. The van der Waals surface area contributed by atoms with Gasteiger partial charge in [-0.05, 0) is 37.1 Å². The number of unbranched alkanes of at least 4 members (excludes halogenated alkanes) is 2. The van der Waals surface area contributed by atoms with Crippen LogP contribution >= 0.6 is 11.6 Å². The fraction of sp³-hybridized carbons (Fsp3) is 0.579. The number of carbonyl (C=O) groups excluding carboxylic acids is 2. The molecule has 1 aliphatic rings. The van der Waals surface area contributed by atoms with Crippen LogP contribution in [-0.2, 0) is 4.79 Å². The summed E-state index contributed by atoms with van der Waals surface area (Å²) in [6.07, 6.45) is 4.45. The van der Waals surface area contributed by atoms with Gasteiger partial charge in [0.15, 0.2) is 0 Å². The van der Waals surface area contributed by atoms with Gasteiger partial charge in [-0.1, -0.05) is 38.3 Å². The molecule has 1 heterocycles. The van der Waals surface area contributed by atoms with Crippen molar-refractivity contribution in [3.8, 4) is 0 Å². The number of hydrogen-bond donors (Lipinski definition) is 1. The molecule has 0 spiro atoms. The molecule has 5 nitrogen and oxygen atoms in total. The number of urea groups is 1. The van der Waals surface area contributed by atoms with Crippen LogP contribution in [0.2, 0.25) is 5.02 Å². The second kappa shape index (κ2) is 9.66. The first-order valence-electron chi connectivity index (χ1n) is 9.16. The SMILES string of the molecule is CCCCN(CCCC)C(=O)N[C@H]1CC(=O)N(c2ccc(Cl)cc2)C1. The second-order valence-electron chi connectivity index (χ2n) is 6.53. The highest BCUT2D eigenvalue weighted by atomic mass is 35.5. The third-order valence-electron chi connectivity index (χ3n) is 4.44. The molecule has 0 radical (unpaired) electrons. The van der Waals surface area contributed by atoms with Gasteiger partial charge in [0, 0.05) is 36.8 Å². The number of rotatable bonds is 8. The average Bonchev–Trinajstić information content (AvgIpc) is 2.96. The molecule has 6 heteroatoms. The number of nitrogens with zero attached hydrogens (tertiary/aromatic N) is 2. The Morgan fingerprint density at radius 3 is 2.36 bits per heavy atom. The van der Waals surface area contributed by atoms with Crippen molar-refractivity contribution in [2.45, 2.75) is 52.0 Å². The lowest BCUT2D eigenvalue weighted by molar-refractivity contribution is -0.117. The zero-order valence-electron chi connectivity index (χ0n) is 15.1. The molecule has 0 bridgehead atoms. The molecule has 1 aromatic carbocycles. The number of benzene rings is 1. The van der Waals surface area contributed by atoms with Crippen molar-refractivity contribution in [3.63, 3.8) is 0 Å². The Morgan fingerprint density at radius 1 is 1.20 bits per heavy atom. The summed E-state index contributed by atoms with van der Waals surface area (Å²) in [5, 5.41) is 3.68. The highest BCUT2D eigenvalue weighted by Gasteiger charge is 2.32. The standard InChI is InChI=1S/C19H28ClN3O2/c1-3-5-11-22(12-6-4-2)19(25)21-16-13-18(24)23(14-16)17-9-7-15(20)8-10-17/h7-10,16H,3-6,11-14H2,1-2H3,(H,21,25)/t16-/m0/s1. The van der Waals surface area contributed by atoms with Crippen LogP contribution in [0.5, 0.6) is 0 Å². The molecule has 0 unspecified atom stereocenters. The lowest BCUT2D eigenvalue weighted by Crippen LogP contribution is -2.46. The molecule has 1 atom stereocenters. The van der Waals surface area contributed by atoms with Gasteiger partial charge in [-0.25, -0.2) is 4.79 Å². The van der Waals surface area contributed by atoms with Crippen LogP contribution < -0.4 is 10.2 Å². The molecule has 2 rings (SSSR count). The van der Waals surface area contributed by atoms with Gasteiger partial charge in [0.1, 0.15) is 0 Å². The molecule has 1 fully saturated rings. The monoisotopic (exact) mass is 365 g/mol. The molecule has 25 heavy (non-hydrogen) atoms. The summed E-state index contributed by atoms with van der Waals surface area (Å²) >= 11 is 5.90. The number of anilines is 1. The van der Waals surface area contributed by atoms with E-state index in [0.29, 0.717) is 18.0 Å². The highest BCUT2D eigenvalue weighted by Crippen LogP contribution is 2.23. The summed E-state index contributed by atoms with van der Waals surface area (Å²) < 4.78 is 0. The van der Waals surface area contributed by atoms with Crippen LogP contribution in [0.25, 0.3) is 0 Å². The Hall–Kier alpha value is -1.75. The molecule has 1 aliphatic heterocycles. The minimum atomic E-state index is -0.151. The predicted molar refractivity (Wildman–Crippen MR) is 102 cm³/mol. The Morgan fingerprint density at radius 2 is 1.80 bits per heavy atom. The van der Waals surface area contributed by atoms with Crippen molar-refractivity contribution in [1.82, 2.24) is 10.2 Å². The van der Waals surface area contributed by atoms with Crippen LogP contribution in [0.15, 0.2) is 24.3 Å². The summed E-state index contributed by atoms with van der Waals surface area (Å²) in [6, 6.07) is 7.00. The first kappa shape index (κ1) is 19.6. The van der Waals surface area contributed by atoms with Gasteiger partial charge in [0.2, 0.25) is 5.91 Å². The minimum absolute atomic E-state index is 0.0290. The van der Waals surface area contributed by atoms with E-state index in [1.807, 2.05) is 17.0 Å². The van der Waals surface area contributed by atoms with Gasteiger partial charge in [0.25, 0.3) is 0 Å². The molecular weight excluding hydrogens is 338 g/mol. The van der Waals surface area contributed by atoms with Crippen molar-refractivity contribution in [2.24, 2.45) is 0 Å². The molecule has 3 amide bonds. The molecule has 0 aromatic heterocycles. The van der Waals surface area contributed by atoms with E-state index >= 15 is 0 Å². The van der Waals surface area contributed by atoms with Crippen molar-refractivity contribution in [3.05, 3.63) is 29.3 Å². The lowest BCUT2D eigenvalue weighted by atomic mass is 10.2. The number of nitrogens with one attached hydrogen (secondary N) is 1. The molecule has 0 aliphatic carbocycles. The van der Waals surface area contributed by atoms with Crippen molar-refractivity contribution in [1.29, 1.82) is 0 Å². The van der Waals surface area contributed by atoms with Gasteiger partial charge >= 0.3 is 6.03 Å². The molecule has 1 saturated heterocycles.